The van der Waals surface area contributed by atoms with E-state index in [9.17, 15) is 0 Å². The minimum absolute atomic E-state index is 0.251. The third-order valence-electron chi connectivity index (χ3n) is 1.56. The van der Waals surface area contributed by atoms with Gasteiger partial charge in [-0.15, -0.1) is 0 Å². The van der Waals surface area contributed by atoms with Gasteiger partial charge in [0.25, 0.3) is 0 Å². The van der Waals surface area contributed by atoms with E-state index in [1.54, 1.807) is 6.07 Å². The van der Waals surface area contributed by atoms with Crippen LogP contribution in [0.1, 0.15) is 0 Å². The molecule has 0 spiro atoms. The number of rotatable bonds is 1. The van der Waals surface area contributed by atoms with Crippen molar-refractivity contribution in [2.24, 2.45) is 0 Å². The summed E-state index contributed by atoms with van der Waals surface area (Å²) < 4.78 is 4.83. The van der Waals surface area contributed by atoms with Gasteiger partial charge in [-0.05, 0) is 41.3 Å². The Morgan fingerprint density at radius 1 is 1.29 bits per heavy atom. The molecule has 0 saturated heterocycles. The number of halogens is 3. The summed E-state index contributed by atoms with van der Waals surface area (Å²) in [5.41, 5.74) is 0.838. The van der Waals surface area contributed by atoms with Gasteiger partial charge in [-0.3, -0.25) is 0 Å². The number of hydrogen-bond acceptors (Lipinski definition) is 3. The maximum atomic E-state index is 6.01. The van der Waals surface area contributed by atoms with Crippen LogP contribution < -0.4 is 0 Å². The van der Waals surface area contributed by atoms with Crippen molar-refractivity contribution in [2.45, 2.75) is 0 Å². The largest absolute Gasteiger partial charge is 0.234 e. The van der Waals surface area contributed by atoms with Crippen LogP contribution in [0.25, 0.3) is 10.6 Å². The van der Waals surface area contributed by atoms with Crippen molar-refractivity contribution >= 4 is 50.7 Å². The molecule has 2 nitrogen and oxygen atoms in total. The van der Waals surface area contributed by atoms with E-state index in [2.05, 4.69) is 25.3 Å². The van der Waals surface area contributed by atoms with Crippen molar-refractivity contribution in [1.29, 1.82) is 0 Å². The van der Waals surface area contributed by atoms with E-state index in [-0.39, 0.29) is 5.28 Å². The topological polar surface area (TPSA) is 25.8 Å². The highest BCUT2D eigenvalue weighted by Crippen LogP contribution is 2.32. The molecule has 2 rings (SSSR count). The molecular formula is C8H3BrCl2N2S. The molecule has 14 heavy (non-hydrogen) atoms. The molecule has 0 fully saturated rings. The minimum Gasteiger partial charge on any atom is -0.204 e. The van der Waals surface area contributed by atoms with Gasteiger partial charge in [-0.25, -0.2) is 4.98 Å². The Bertz CT molecular complexity index is 472. The van der Waals surface area contributed by atoms with Crippen LogP contribution >= 0.6 is 50.7 Å². The van der Waals surface area contributed by atoms with E-state index in [0.717, 1.165) is 15.0 Å². The molecular weight excluding hydrogens is 307 g/mol. The fourth-order valence-corrected chi connectivity index (χ4v) is 2.44. The molecule has 0 N–H and O–H groups in total. The van der Waals surface area contributed by atoms with Crippen molar-refractivity contribution < 1.29 is 0 Å². The van der Waals surface area contributed by atoms with Crippen molar-refractivity contribution in [3.63, 3.8) is 0 Å². The smallest absolute Gasteiger partial charge is 0.204 e. The second-order valence-electron chi connectivity index (χ2n) is 2.49. The number of aromatic nitrogens is 2. The van der Waals surface area contributed by atoms with E-state index in [0.29, 0.717) is 5.02 Å². The molecule has 0 saturated carbocycles. The van der Waals surface area contributed by atoms with Crippen molar-refractivity contribution in [1.82, 2.24) is 9.36 Å². The first-order valence-corrected chi connectivity index (χ1v) is 5.93. The lowest BCUT2D eigenvalue weighted by molar-refractivity contribution is 1.33. The van der Waals surface area contributed by atoms with Crippen LogP contribution in [0, 0.1) is 0 Å². The van der Waals surface area contributed by atoms with Gasteiger partial charge >= 0.3 is 0 Å². The molecule has 0 amide bonds. The molecule has 0 radical (unpaired) electrons. The van der Waals surface area contributed by atoms with Gasteiger partial charge in [0.2, 0.25) is 5.28 Å². The Morgan fingerprint density at radius 2 is 2.07 bits per heavy atom. The lowest BCUT2D eigenvalue weighted by Crippen LogP contribution is -1.78. The first-order valence-electron chi connectivity index (χ1n) is 3.61. The fraction of sp³-hybridized carbons (Fsp3) is 0. The Hall–Kier alpha value is -0.160. The SMILES string of the molecule is Clc1nsc(-c2cc(Br)ccc2Cl)n1. The Balaban J connectivity index is 2.55. The van der Waals surface area contributed by atoms with Gasteiger partial charge in [-0.1, -0.05) is 27.5 Å². The lowest BCUT2D eigenvalue weighted by atomic mass is 10.2. The Kier molecular flexibility index (Phi) is 3.07. The third-order valence-corrected chi connectivity index (χ3v) is 3.40. The highest BCUT2D eigenvalue weighted by Gasteiger charge is 2.09. The van der Waals surface area contributed by atoms with Crippen LogP contribution in [0.2, 0.25) is 10.3 Å². The first kappa shape index (κ1) is 10.4. The zero-order chi connectivity index (χ0) is 10.1. The van der Waals surface area contributed by atoms with Gasteiger partial charge in [0, 0.05) is 10.0 Å². The zero-order valence-corrected chi connectivity index (χ0v) is 10.6. The fourth-order valence-electron chi connectivity index (χ4n) is 0.976. The molecule has 1 aromatic carbocycles. The number of benzene rings is 1. The third kappa shape index (κ3) is 2.08. The van der Waals surface area contributed by atoms with Crippen LogP contribution in [-0.4, -0.2) is 9.36 Å². The van der Waals surface area contributed by atoms with Crippen LogP contribution in [-0.2, 0) is 0 Å². The van der Waals surface area contributed by atoms with E-state index in [1.165, 1.54) is 11.5 Å². The minimum atomic E-state index is 0.251. The molecule has 0 bridgehead atoms. The highest BCUT2D eigenvalue weighted by atomic mass is 79.9. The predicted molar refractivity (Wildman–Crippen MR) is 63.1 cm³/mol. The second-order valence-corrected chi connectivity index (χ2v) is 4.91. The van der Waals surface area contributed by atoms with Crippen LogP contribution in [0.4, 0.5) is 0 Å². The van der Waals surface area contributed by atoms with Crippen LogP contribution in [0.5, 0.6) is 0 Å². The molecule has 6 heteroatoms. The standard InChI is InChI=1S/C8H3BrCl2N2S/c9-4-1-2-6(10)5(3-4)7-12-8(11)13-14-7/h1-3H. The molecule has 72 valence electrons. The monoisotopic (exact) mass is 308 g/mol. The average Bonchev–Trinajstić information content (AvgIpc) is 2.56. The van der Waals surface area contributed by atoms with Gasteiger partial charge < -0.3 is 0 Å². The molecule has 1 aromatic heterocycles. The summed E-state index contributed by atoms with van der Waals surface area (Å²) in [6.07, 6.45) is 0. The van der Waals surface area contributed by atoms with E-state index in [4.69, 9.17) is 23.2 Å². The van der Waals surface area contributed by atoms with Crippen molar-refractivity contribution in [3.05, 3.63) is 33.0 Å². The lowest BCUT2D eigenvalue weighted by Gasteiger charge is -1.99. The van der Waals surface area contributed by atoms with E-state index >= 15 is 0 Å². The van der Waals surface area contributed by atoms with Crippen LogP contribution in [0.15, 0.2) is 22.7 Å². The molecule has 1 heterocycles. The predicted octanol–water partition coefficient (Wildman–Crippen LogP) is 4.27. The summed E-state index contributed by atoms with van der Waals surface area (Å²) >= 11 is 16.2. The molecule has 2 aromatic rings. The Labute approximate surface area is 103 Å². The number of hydrogen-bond donors (Lipinski definition) is 0. The van der Waals surface area contributed by atoms with Crippen molar-refractivity contribution in [2.75, 3.05) is 0 Å². The van der Waals surface area contributed by atoms with Gasteiger partial charge in [0.05, 0.1) is 5.02 Å². The Morgan fingerprint density at radius 3 is 2.71 bits per heavy atom. The summed E-state index contributed by atoms with van der Waals surface area (Å²) in [4.78, 5) is 4.05. The quantitative estimate of drug-likeness (QED) is 0.786. The van der Waals surface area contributed by atoms with Crippen molar-refractivity contribution in [3.8, 4) is 10.6 Å². The summed E-state index contributed by atoms with van der Waals surface area (Å²) in [6, 6.07) is 5.56. The summed E-state index contributed by atoms with van der Waals surface area (Å²) in [6.45, 7) is 0. The average molecular weight is 310 g/mol. The van der Waals surface area contributed by atoms with Gasteiger partial charge in [0.1, 0.15) is 5.01 Å². The molecule has 0 aliphatic carbocycles. The maximum Gasteiger partial charge on any atom is 0.234 e. The normalized spacial score (nSPS) is 10.5. The number of nitrogens with zero attached hydrogens (tertiary/aromatic N) is 2. The molecule has 0 unspecified atom stereocenters. The van der Waals surface area contributed by atoms with E-state index < -0.39 is 0 Å². The first-order chi connectivity index (χ1) is 6.66. The summed E-state index contributed by atoms with van der Waals surface area (Å²) in [7, 11) is 0. The second kappa shape index (κ2) is 4.14. The van der Waals surface area contributed by atoms with Gasteiger partial charge in [0.15, 0.2) is 0 Å². The highest BCUT2D eigenvalue weighted by molar-refractivity contribution is 9.10. The molecule has 0 aliphatic rings. The van der Waals surface area contributed by atoms with Crippen LogP contribution in [0.3, 0.4) is 0 Å². The van der Waals surface area contributed by atoms with E-state index in [1.807, 2.05) is 12.1 Å². The molecule has 0 atom stereocenters. The maximum absolute atomic E-state index is 6.01. The molecule has 0 aliphatic heterocycles. The summed E-state index contributed by atoms with van der Waals surface area (Å²) in [5.74, 6) is 0. The van der Waals surface area contributed by atoms with Gasteiger partial charge in [-0.2, -0.15) is 4.37 Å². The summed E-state index contributed by atoms with van der Waals surface area (Å²) in [5, 5.41) is 1.61. The zero-order valence-electron chi connectivity index (χ0n) is 6.67.